The predicted molar refractivity (Wildman–Crippen MR) is 95.7 cm³/mol. The van der Waals surface area contributed by atoms with Gasteiger partial charge in [-0.3, -0.25) is 4.79 Å². The third-order valence-corrected chi connectivity index (χ3v) is 3.14. The minimum atomic E-state index is -0.808. The fourth-order valence-corrected chi connectivity index (χ4v) is 2.05. The van der Waals surface area contributed by atoms with E-state index in [-0.39, 0.29) is 25.1 Å². The van der Waals surface area contributed by atoms with Crippen molar-refractivity contribution >= 4 is 18.7 Å². The average molecular weight is 604 g/mol. The zero-order valence-electron chi connectivity index (χ0n) is 16.5. The normalized spacial score (nSPS) is 12.8. The molecule has 3 atom stereocenters. The first kappa shape index (κ1) is 30.4. The molecule has 1 amide bonds. The second kappa shape index (κ2) is 21.5. The summed E-state index contributed by atoms with van der Waals surface area (Å²) >= 11 is 0. The second-order valence-corrected chi connectivity index (χ2v) is 5.57. The van der Waals surface area contributed by atoms with Crippen LogP contribution in [-0.4, -0.2) is 68.6 Å². The number of ether oxygens (including phenoxy) is 1. The van der Waals surface area contributed by atoms with Crippen molar-refractivity contribution in [1.82, 2.24) is 10.2 Å². The Bertz CT molecular complexity index is 309. The Morgan fingerprint density at radius 3 is 2.00 bits per heavy atom. The first-order chi connectivity index (χ1) is 11.3. The van der Waals surface area contributed by atoms with E-state index in [1.165, 1.54) is 12.8 Å². The first-order valence-corrected chi connectivity index (χ1v) is 8.21. The number of aliphatic carboxylic acids is 1. The van der Waals surface area contributed by atoms with Crippen molar-refractivity contribution in [3.05, 3.63) is 0 Å². The topological polar surface area (TPSA) is 95.9 Å². The molecule has 8 heteroatoms. The third kappa shape index (κ3) is 19.5. The quantitative estimate of drug-likeness (QED) is 0.171. The van der Waals surface area contributed by atoms with Crippen LogP contribution < -0.4 is 5.32 Å². The number of carboxylic acids is 1. The number of aldehydes is 1. The summed E-state index contributed by atoms with van der Waals surface area (Å²) in [5, 5.41) is 10.8. The number of hydrogen-bond donors (Lipinski definition) is 2. The molecule has 0 aliphatic carbocycles. The fraction of sp³-hybridized carbons (Fsp3) is 0.824. The van der Waals surface area contributed by atoms with E-state index in [1.807, 2.05) is 24.3 Å². The van der Waals surface area contributed by atoms with Crippen molar-refractivity contribution in [2.75, 3.05) is 27.7 Å². The van der Waals surface area contributed by atoms with E-state index in [0.717, 1.165) is 6.42 Å². The second-order valence-electron chi connectivity index (χ2n) is 5.57. The maximum atomic E-state index is 10.7. The summed E-state index contributed by atoms with van der Waals surface area (Å²) in [6.07, 6.45) is 4.01. The summed E-state index contributed by atoms with van der Waals surface area (Å²) in [7, 11) is 5.50. The van der Waals surface area contributed by atoms with Crippen LogP contribution in [0.2, 0.25) is 0 Å². The number of rotatable bonds is 10. The number of nitrogens with one attached hydrogen (secondary N) is 1. The standard InChI is InChI=1S/C11H23NO3.C3H4NO2.C3H8.Fm/c1-6-8(2)11(12(3)4)9(15-5)7-10(13)14;5-2-1-4-3-6;1-3-2;/h8-9,11H,6-7H2,1-5H3,(H,13,14);2H,1H2,(H,4,6);3H2,1-2H3;/q;-1;;. The molecule has 0 rings (SSSR count). The van der Waals surface area contributed by atoms with E-state index in [4.69, 9.17) is 14.6 Å². The van der Waals surface area contributed by atoms with Gasteiger partial charge in [-0.15, -0.1) is 0 Å². The molecule has 0 saturated heterocycles. The number of hydrogen-bond acceptors (Lipinski definition) is 5. The minimum absolute atomic E-state index is 0. The molecule has 156 valence electrons. The Kier molecular flexibility index (Phi) is 26.2. The Morgan fingerprint density at radius 1 is 1.32 bits per heavy atom. The van der Waals surface area contributed by atoms with Crippen LogP contribution in [0.5, 0.6) is 0 Å². The molecular formula is C17H35FmN2O5-. The van der Waals surface area contributed by atoms with Gasteiger partial charge in [0.05, 0.1) is 12.5 Å². The van der Waals surface area contributed by atoms with Gasteiger partial charge in [-0.1, -0.05) is 40.5 Å². The van der Waals surface area contributed by atoms with Crippen molar-refractivity contribution in [1.29, 1.82) is 0 Å². The number of amides is 1. The van der Waals surface area contributed by atoms with Gasteiger partial charge in [0.2, 0.25) is 0 Å². The molecule has 0 aromatic rings. The van der Waals surface area contributed by atoms with Crippen LogP contribution in [0.1, 0.15) is 47.0 Å². The molecule has 3 unspecified atom stereocenters. The molecule has 0 spiro atoms. The zero-order chi connectivity index (χ0) is 19.5. The Balaban J connectivity index is -0.000000184. The molecule has 0 aromatic carbocycles. The number of nitrogens with zero attached hydrogens (tertiary/aromatic N) is 1. The van der Waals surface area contributed by atoms with Crippen molar-refractivity contribution < 1.29 is 24.2 Å². The van der Waals surface area contributed by atoms with Gasteiger partial charge >= 0.3 is 5.97 Å². The zero-order valence-corrected chi connectivity index (χ0v) is 18.9. The van der Waals surface area contributed by atoms with Gasteiger partial charge in [0.15, 0.2) is 0 Å². The molecule has 2 N–H and O–H groups in total. The summed E-state index contributed by atoms with van der Waals surface area (Å²) in [4.78, 5) is 31.2. The Labute approximate surface area is 146 Å². The SMILES string of the molecule is CCC.CCC(C)C(C(CC(=O)O)OC)N(C)C.O=[C-]NCC=O.[Fm]. The van der Waals surface area contributed by atoms with Crippen molar-refractivity contribution in [3.63, 3.8) is 0 Å². The Hall–Kier alpha value is -2.47. The molecular weight excluding hydrogens is 569 g/mol. The van der Waals surface area contributed by atoms with Gasteiger partial charge in [0.1, 0.15) is 6.29 Å². The van der Waals surface area contributed by atoms with E-state index < -0.39 is 5.97 Å². The molecule has 0 aliphatic heterocycles. The van der Waals surface area contributed by atoms with E-state index in [2.05, 4.69) is 27.7 Å². The summed E-state index contributed by atoms with van der Waals surface area (Å²) in [5.74, 6) is -0.388. The van der Waals surface area contributed by atoms with Gasteiger partial charge in [-0.05, 0) is 20.0 Å². The number of carbonyl (C=O) groups excluding carboxylic acids is 2. The number of likely N-dealkylation sites (N-methyl/N-ethyl adjacent to an activating group) is 1. The van der Waals surface area contributed by atoms with Crippen LogP contribution >= 0.6 is 0 Å². The molecule has 0 bridgehead atoms. The summed E-state index contributed by atoms with van der Waals surface area (Å²) in [6.45, 7) is 8.54. The van der Waals surface area contributed by atoms with Crippen LogP contribution in [0.15, 0.2) is 0 Å². The van der Waals surface area contributed by atoms with E-state index in [1.54, 1.807) is 7.11 Å². The average Bonchev–Trinajstić information content (AvgIpc) is 2.52. The van der Waals surface area contributed by atoms with Gasteiger partial charge in [-0.2, -0.15) is 6.41 Å². The molecule has 0 saturated carbocycles. The van der Waals surface area contributed by atoms with Gasteiger partial charge in [0.25, 0.3) is 0 Å². The minimum Gasteiger partial charge on any atom is -0.524 e. The number of carboxylic acid groups (broad SMARTS) is 1. The maximum absolute atomic E-state index is 10.7. The first-order valence-electron chi connectivity index (χ1n) is 8.21. The molecule has 25 heavy (non-hydrogen) atoms. The molecule has 0 fully saturated rings. The molecule has 0 heterocycles. The molecule has 7 nitrogen and oxygen atoms in total. The van der Waals surface area contributed by atoms with Crippen molar-refractivity contribution in [2.24, 2.45) is 5.92 Å². The maximum Gasteiger partial charge on any atom is 0.306 e. The number of carbonyl (C=O) groups is 2. The van der Waals surface area contributed by atoms with Crippen LogP contribution in [-0.2, 0) is 19.1 Å². The van der Waals surface area contributed by atoms with Crippen LogP contribution in [0.4, 0.5) is 0 Å². The molecule has 0 aliphatic rings. The smallest absolute Gasteiger partial charge is 0.306 e. The summed E-state index contributed by atoms with van der Waals surface area (Å²) in [5.41, 5.74) is 0. The van der Waals surface area contributed by atoms with Crippen LogP contribution in [0.3, 0.4) is 0 Å². The summed E-state index contributed by atoms with van der Waals surface area (Å²) < 4.78 is 5.29. The largest absolute Gasteiger partial charge is 0.524 e. The van der Waals surface area contributed by atoms with Crippen LogP contribution in [0, 0.1) is 5.92 Å². The molecule has 0 radical (unpaired) electrons. The monoisotopic (exact) mass is 604 g/mol. The third-order valence-electron chi connectivity index (χ3n) is 3.14. The van der Waals surface area contributed by atoms with Gasteiger partial charge in [0, 0.05) is 19.7 Å². The van der Waals surface area contributed by atoms with Gasteiger partial charge in [-0.25, -0.2) is 0 Å². The van der Waals surface area contributed by atoms with E-state index in [9.17, 15) is 9.59 Å². The summed E-state index contributed by atoms with van der Waals surface area (Å²) in [6, 6.07) is 0.149. The van der Waals surface area contributed by atoms with E-state index >= 15 is 0 Å². The Morgan fingerprint density at radius 2 is 1.80 bits per heavy atom. The fourth-order valence-electron chi connectivity index (χ4n) is 2.05. The van der Waals surface area contributed by atoms with E-state index in [0.29, 0.717) is 12.2 Å². The van der Waals surface area contributed by atoms with Crippen molar-refractivity contribution in [3.8, 4) is 0 Å². The van der Waals surface area contributed by atoms with Crippen molar-refractivity contribution in [2.45, 2.75) is 59.1 Å². The molecule has 0 aromatic heterocycles. The van der Waals surface area contributed by atoms with Gasteiger partial charge < -0.3 is 29.6 Å². The van der Waals surface area contributed by atoms with Crippen LogP contribution in [0.25, 0.3) is 0 Å². The predicted octanol–water partition coefficient (Wildman–Crippen LogP) is 1.71. The number of methoxy groups -OCH3 is 1.